The van der Waals surface area contributed by atoms with Crippen molar-refractivity contribution in [2.45, 2.75) is 17.4 Å². The Kier molecular flexibility index (Phi) is 9.22. The van der Waals surface area contributed by atoms with Gasteiger partial charge in [-0.15, -0.1) is 24.8 Å². The van der Waals surface area contributed by atoms with E-state index in [1.807, 2.05) is 0 Å². The standard InChI is InChI=1S/C15H22N4O4S.2ClH/c20-15(10-13-12-23-9-4-17-13)18-5-7-19(8-6-18)24(21,22)14-2-1-3-16-11-14;;/h1-3,11,13,17H,4-10,12H2;2*1H. The lowest BCUT2D eigenvalue weighted by atomic mass is 10.1. The zero-order valence-electron chi connectivity index (χ0n) is 14.2. The van der Waals surface area contributed by atoms with Gasteiger partial charge in [-0.05, 0) is 12.1 Å². The molecule has 0 spiro atoms. The Morgan fingerprint density at radius 3 is 2.58 bits per heavy atom. The first-order chi connectivity index (χ1) is 11.6. The van der Waals surface area contributed by atoms with E-state index in [0.29, 0.717) is 45.8 Å². The zero-order valence-corrected chi connectivity index (χ0v) is 16.7. The molecule has 2 saturated heterocycles. The lowest BCUT2D eigenvalue weighted by molar-refractivity contribution is -0.133. The Labute approximate surface area is 166 Å². The predicted molar refractivity (Wildman–Crippen MR) is 101 cm³/mol. The number of sulfonamides is 1. The molecule has 26 heavy (non-hydrogen) atoms. The lowest BCUT2D eigenvalue weighted by Gasteiger charge is -2.35. The van der Waals surface area contributed by atoms with Crippen molar-refractivity contribution >= 4 is 40.7 Å². The normalized spacial score (nSPS) is 21.4. The average Bonchev–Trinajstić information content (AvgIpc) is 2.63. The van der Waals surface area contributed by atoms with Crippen LogP contribution in [0.3, 0.4) is 0 Å². The first kappa shape index (κ1) is 23.1. The third-order valence-corrected chi connectivity index (χ3v) is 6.17. The zero-order chi connectivity index (χ0) is 17.0. The van der Waals surface area contributed by atoms with Crippen molar-refractivity contribution in [2.75, 3.05) is 45.9 Å². The number of ether oxygens (including phenoxy) is 1. The summed E-state index contributed by atoms with van der Waals surface area (Å²) in [4.78, 5) is 18.1. The fourth-order valence-electron chi connectivity index (χ4n) is 2.92. The SMILES string of the molecule is Cl.Cl.O=C(CC1COCCN1)N1CCN(S(=O)(=O)c2cccnc2)CC1. The van der Waals surface area contributed by atoms with Crippen LogP contribution in [-0.2, 0) is 19.6 Å². The Bertz CT molecular complexity index is 663. The number of morpholine rings is 1. The molecule has 1 unspecified atom stereocenters. The molecule has 3 rings (SSSR count). The van der Waals surface area contributed by atoms with E-state index in [4.69, 9.17) is 4.74 Å². The summed E-state index contributed by atoms with van der Waals surface area (Å²) >= 11 is 0. The Hall–Kier alpha value is -0.970. The maximum absolute atomic E-state index is 12.5. The molecule has 2 aliphatic rings. The molecule has 148 valence electrons. The predicted octanol–water partition coefficient (Wildman–Crippen LogP) is 0.137. The molecule has 11 heteroatoms. The first-order valence-electron chi connectivity index (χ1n) is 8.06. The minimum Gasteiger partial charge on any atom is -0.378 e. The van der Waals surface area contributed by atoms with Crippen LogP contribution in [0.15, 0.2) is 29.4 Å². The molecule has 1 aromatic heterocycles. The highest BCUT2D eigenvalue weighted by atomic mass is 35.5. The van der Waals surface area contributed by atoms with Gasteiger partial charge in [-0.25, -0.2) is 8.42 Å². The van der Waals surface area contributed by atoms with E-state index in [-0.39, 0.29) is 41.7 Å². The summed E-state index contributed by atoms with van der Waals surface area (Å²) in [6.45, 7) is 3.40. The second-order valence-corrected chi connectivity index (χ2v) is 7.84. The van der Waals surface area contributed by atoms with Crippen molar-refractivity contribution in [3.63, 3.8) is 0 Å². The molecule has 3 heterocycles. The van der Waals surface area contributed by atoms with Crippen LogP contribution in [0.2, 0.25) is 0 Å². The average molecular weight is 427 g/mol. The maximum Gasteiger partial charge on any atom is 0.244 e. The summed E-state index contributed by atoms with van der Waals surface area (Å²) in [6, 6.07) is 3.18. The summed E-state index contributed by atoms with van der Waals surface area (Å²) in [5.74, 6) is 0.0384. The molecular formula is C15H24Cl2N4O4S. The van der Waals surface area contributed by atoms with Crippen molar-refractivity contribution in [1.82, 2.24) is 19.5 Å². The van der Waals surface area contributed by atoms with Gasteiger partial charge < -0.3 is 15.0 Å². The topological polar surface area (TPSA) is 91.8 Å². The lowest BCUT2D eigenvalue weighted by Crippen LogP contribution is -2.52. The van der Waals surface area contributed by atoms with E-state index >= 15 is 0 Å². The van der Waals surface area contributed by atoms with Gasteiger partial charge in [0.25, 0.3) is 0 Å². The van der Waals surface area contributed by atoms with Crippen LogP contribution < -0.4 is 5.32 Å². The van der Waals surface area contributed by atoms with Gasteiger partial charge in [-0.1, -0.05) is 0 Å². The van der Waals surface area contributed by atoms with Gasteiger partial charge in [0.05, 0.1) is 13.2 Å². The molecule has 0 aliphatic carbocycles. The Morgan fingerprint density at radius 1 is 1.27 bits per heavy atom. The number of hydrogen-bond donors (Lipinski definition) is 1. The van der Waals surface area contributed by atoms with Gasteiger partial charge in [0.15, 0.2) is 0 Å². The molecule has 0 bridgehead atoms. The highest BCUT2D eigenvalue weighted by Gasteiger charge is 2.31. The molecule has 8 nitrogen and oxygen atoms in total. The molecule has 0 aromatic carbocycles. The van der Waals surface area contributed by atoms with Crippen molar-refractivity contribution in [3.05, 3.63) is 24.5 Å². The van der Waals surface area contributed by atoms with Crippen LogP contribution in [-0.4, -0.2) is 80.5 Å². The van der Waals surface area contributed by atoms with E-state index < -0.39 is 10.0 Å². The number of carbonyl (C=O) groups is 1. The van der Waals surface area contributed by atoms with Gasteiger partial charge in [-0.2, -0.15) is 4.31 Å². The van der Waals surface area contributed by atoms with E-state index in [1.165, 1.54) is 16.6 Å². The summed E-state index contributed by atoms with van der Waals surface area (Å²) in [5.41, 5.74) is 0. The van der Waals surface area contributed by atoms with E-state index in [1.54, 1.807) is 17.2 Å². The van der Waals surface area contributed by atoms with Crippen molar-refractivity contribution in [1.29, 1.82) is 0 Å². The van der Waals surface area contributed by atoms with E-state index in [9.17, 15) is 13.2 Å². The fraction of sp³-hybridized carbons (Fsp3) is 0.600. The minimum absolute atomic E-state index is 0. The summed E-state index contributed by atoms with van der Waals surface area (Å²) in [6.07, 6.45) is 3.27. The molecule has 1 N–H and O–H groups in total. The number of nitrogens with zero attached hydrogens (tertiary/aromatic N) is 3. The van der Waals surface area contributed by atoms with Crippen LogP contribution in [0.1, 0.15) is 6.42 Å². The molecular weight excluding hydrogens is 403 g/mol. The van der Waals surface area contributed by atoms with Crippen molar-refractivity contribution < 1.29 is 17.9 Å². The molecule has 2 fully saturated rings. The molecule has 1 amide bonds. The number of aromatic nitrogens is 1. The van der Waals surface area contributed by atoms with Crippen molar-refractivity contribution in [3.8, 4) is 0 Å². The van der Waals surface area contributed by atoms with Crippen LogP contribution in [0.5, 0.6) is 0 Å². The number of hydrogen-bond acceptors (Lipinski definition) is 6. The van der Waals surface area contributed by atoms with Crippen LogP contribution >= 0.6 is 24.8 Å². The van der Waals surface area contributed by atoms with Crippen LogP contribution in [0, 0.1) is 0 Å². The number of piperazine rings is 1. The largest absolute Gasteiger partial charge is 0.378 e. The van der Waals surface area contributed by atoms with Gasteiger partial charge in [0, 0.05) is 57.6 Å². The molecule has 2 aliphatic heterocycles. The number of rotatable bonds is 4. The molecule has 1 aromatic rings. The second-order valence-electron chi connectivity index (χ2n) is 5.90. The summed E-state index contributed by atoms with van der Waals surface area (Å²) in [7, 11) is -3.54. The smallest absolute Gasteiger partial charge is 0.244 e. The van der Waals surface area contributed by atoms with Gasteiger partial charge in [0.2, 0.25) is 15.9 Å². The maximum atomic E-state index is 12.5. The van der Waals surface area contributed by atoms with Gasteiger partial charge >= 0.3 is 0 Å². The highest BCUT2D eigenvalue weighted by Crippen LogP contribution is 2.17. The van der Waals surface area contributed by atoms with E-state index in [0.717, 1.165) is 6.54 Å². The minimum atomic E-state index is -3.54. The fourth-order valence-corrected chi connectivity index (χ4v) is 4.30. The second kappa shape index (κ2) is 10.4. The third kappa shape index (κ3) is 5.51. The quantitative estimate of drug-likeness (QED) is 0.735. The van der Waals surface area contributed by atoms with Crippen molar-refractivity contribution in [2.24, 2.45) is 0 Å². The van der Waals surface area contributed by atoms with Crippen LogP contribution in [0.4, 0.5) is 0 Å². The van der Waals surface area contributed by atoms with E-state index in [2.05, 4.69) is 10.3 Å². The Morgan fingerprint density at radius 2 is 2.00 bits per heavy atom. The van der Waals surface area contributed by atoms with Gasteiger partial charge in [0.1, 0.15) is 4.90 Å². The number of nitrogens with one attached hydrogen (secondary N) is 1. The molecule has 0 radical (unpaired) electrons. The number of halogens is 2. The number of carbonyl (C=O) groups excluding carboxylic acids is 1. The number of amides is 1. The highest BCUT2D eigenvalue weighted by molar-refractivity contribution is 7.89. The monoisotopic (exact) mass is 426 g/mol. The third-order valence-electron chi connectivity index (χ3n) is 4.28. The summed E-state index contributed by atoms with van der Waals surface area (Å²) < 4.78 is 31.8. The first-order valence-corrected chi connectivity index (χ1v) is 9.50. The molecule has 0 saturated carbocycles. The number of pyridine rings is 1. The van der Waals surface area contributed by atoms with Crippen LogP contribution in [0.25, 0.3) is 0 Å². The summed E-state index contributed by atoms with van der Waals surface area (Å²) in [5, 5.41) is 3.26. The Balaban J connectivity index is 0.00000169. The van der Waals surface area contributed by atoms with Gasteiger partial charge in [-0.3, -0.25) is 9.78 Å². The molecule has 1 atom stereocenters.